The van der Waals surface area contributed by atoms with Crippen LogP contribution >= 0.6 is 28.1 Å². The minimum Gasteiger partial charge on any atom is -0.497 e. The van der Waals surface area contributed by atoms with Gasteiger partial charge in [-0.3, -0.25) is 4.98 Å². The first-order valence-electron chi connectivity index (χ1n) is 12.5. The molecule has 0 aliphatic carbocycles. The molecule has 1 N–H and O–H groups in total. The summed E-state index contributed by atoms with van der Waals surface area (Å²) < 4.78 is 32.9. The van der Waals surface area contributed by atoms with Crippen molar-refractivity contribution in [1.29, 1.82) is 0 Å². The van der Waals surface area contributed by atoms with Crippen LogP contribution in [0.15, 0.2) is 112 Å². The topological polar surface area (TPSA) is 59.8 Å². The number of nitrogens with one attached hydrogen (secondary N) is 1. The molecule has 6 nitrogen and oxygen atoms in total. The third kappa shape index (κ3) is 5.17. The van der Waals surface area contributed by atoms with Crippen molar-refractivity contribution in [3.8, 4) is 28.6 Å². The molecule has 1 aliphatic heterocycles. The highest BCUT2D eigenvalue weighted by molar-refractivity contribution is 9.10. The van der Waals surface area contributed by atoms with Crippen molar-refractivity contribution in [1.82, 2.24) is 10.3 Å². The summed E-state index contributed by atoms with van der Waals surface area (Å²) >= 11 is 9.12. The first kappa shape index (κ1) is 26.0. The third-order valence-electron chi connectivity index (χ3n) is 6.62. The molecule has 0 radical (unpaired) electrons. The third-order valence-corrected chi connectivity index (χ3v) is 7.43. The van der Waals surface area contributed by atoms with Crippen molar-refractivity contribution >= 4 is 38.9 Å². The predicted octanol–water partition coefficient (Wildman–Crippen LogP) is 8.22. The van der Waals surface area contributed by atoms with Crippen molar-refractivity contribution in [2.24, 2.45) is 0 Å². The van der Waals surface area contributed by atoms with Crippen molar-refractivity contribution in [3.05, 3.63) is 125 Å². The van der Waals surface area contributed by atoms with Crippen LogP contribution in [0.25, 0.3) is 11.3 Å². The summed E-state index contributed by atoms with van der Waals surface area (Å²) in [4.78, 5) is 6.57. The van der Waals surface area contributed by atoms with Crippen LogP contribution in [-0.2, 0) is 0 Å². The molecule has 2 aromatic heterocycles. The molecular formula is C31H23BrFN3O3S. The SMILES string of the molecule is COc1ccc(Oc2ccc(N3C(=S)N[C@@H](c4ccccn4)[C@H]3c3ccc(-c4ccc(Br)cc4F)o3)cc2)cc1. The molecule has 9 heteroatoms. The van der Waals surface area contributed by atoms with E-state index in [1.165, 1.54) is 6.07 Å². The van der Waals surface area contributed by atoms with Crippen LogP contribution in [0.1, 0.15) is 23.5 Å². The molecule has 2 atom stereocenters. The van der Waals surface area contributed by atoms with Crippen LogP contribution in [0.5, 0.6) is 17.2 Å². The summed E-state index contributed by atoms with van der Waals surface area (Å²) in [5.74, 6) is 2.81. The summed E-state index contributed by atoms with van der Waals surface area (Å²) in [6, 6.07) is 28.7. The molecular weight excluding hydrogens is 593 g/mol. The molecule has 3 heterocycles. The number of anilines is 1. The molecule has 3 aromatic carbocycles. The van der Waals surface area contributed by atoms with E-state index in [2.05, 4.69) is 26.2 Å². The number of nitrogens with zero attached hydrogens (tertiary/aromatic N) is 2. The Labute approximate surface area is 244 Å². The van der Waals surface area contributed by atoms with Gasteiger partial charge in [0.15, 0.2) is 5.11 Å². The maximum Gasteiger partial charge on any atom is 0.174 e. The molecule has 0 unspecified atom stereocenters. The molecule has 40 heavy (non-hydrogen) atoms. The first-order valence-corrected chi connectivity index (χ1v) is 13.7. The van der Waals surface area contributed by atoms with Crippen LogP contribution < -0.4 is 19.7 Å². The summed E-state index contributed by atoms with van der Waals surface area (Å²) in [6.07, 6.45) is 1.75. The van der Waals surface area contributed by atoms with E-state index in [1.54, 1.807) is 31.5 Å². The van der Waals surface area contributed by atoms with Gasteiger partial charge < -0.3 is 24.1 Å². The van der Waals surface area contributed by atoms with Gasteiger partial charge >= 0.3 is 0 Å². The number of halogens is 2. The van der Waals surface area contributed by atoms with Crippen molar-refractivity contribution < 1.29 is 18.3 Å². The molecule has 0 spiro atoms. The van der Waals surface area contributed by atoms with E-state index >= 15 is 0 Å². The second kappa shape index (κ2) is 11.1. The first-order chi connectivity index (χ1) is 19.5. The molecule has 200 valence electrons. The molecule has 1 aliphatic rings. The Balaban J connectivity index is 1.33. The zero-order valence-corrected chi connectivity index (χ0v) is 23.7. The number of hydrogen-bond donors (Lipinski definition) is 1. The zero-order chi connectivity index (χ0) is 27.6. The fraction of sp³-hybridized carbons (Fsp3) is 0.0968. The highest BCUT2D eigenvalue weighted by Gasteiger charge is 2.42. The Morgan fingerprint density at radius 2 is 1.65 bits per heavy atom. The quantitative estimate of drug-likeness (QED) is 0.185. The number of benzene rings is 3. The van der Waals surface area contributed by atoms with Gasteiger partial charge in [-0.25, -0.2) is 4.39 Å². The number of aromatic nitrogens is 1. The lowest BCUT2D eigenvalue weighted by Gasteiger charge is -2.26. The van der Waals surface area contributed by atoms with Gasteiger partial charge in [-0.15, -0.1) is 0 Å². The molecule has 6 rings (SSSR count). The number of pyridine rings is 1. The summed E-state index contributed by atoms with van der Waals surface area (Å²) in [7, 11) is 1.63. The van der Waals surface area contributed by atoms with Gasteiger partial charge in [0.05, 0.1) is 24.4 Å². The van der Waals surface area contributed by atoms with Crippen LogP contribution in [-0.4, -0.2) is 17.2 Å². The Hall–Kier alpha value is -4.21. The largest absolute Gasteiger partial charge is 0.497 e. The van der Waals surface area contributed by atoms with E-state index in [-0.39, 0.29) is 17.9 Å². The number of furan rings is 1. The highest BCUT2D eigenvalue weighted by Crippen LogP contribution is 2.43. The lowest BCUT2D eigenvalue weighted by Crippen LogP contribution is -2.29. The van der Waals surface area contributed by atoms with Crippen molar-refractivity contribution in [2.75, 3.05) is 12.0 Å². The zero-order valence-electron chi connectivity index (χ0n) is 21.3. The predicted molar refractivity (Wildman–Crippen MR) is 159 cm³/mol. The van der Waals surface area contributed by atoms with Gasteiger partial charge in [0.1, 0.15) is 40.6 Å². The lowest BCUT2D eigenvalue weighted by molar-refractivity contribution is 0.413. The van der Waals surface area contributed by atoms with Crippen LogP contribution in [0.2, 0.25) is 0 Å². The molecule has 0 saturated carbocycles. The minimum atomic E-state index is -0.374. The number of rotatable bonds is 7. The van der Waals surface area contributed by atoms with E-state index in [0.29, 0.717) is 38.2 Å². The maximum absolute atomic E-state index is 14.7. The second-order valence-electron chi connectivity index (χ2n) is 9.09. The number of methoxy groups -OCH3 is 1. The van der Waals surface area contributed by atoms with Crippen LogP contribution in [0.3, 0.4) is 0 Å². The lowest BCUT2D eigenvalue weighted by atomic mass is 10.0. The van der Waals surface area contributed by atoms with Gasteiger partial charge in [0.2, 0.25) is 0 Å². The Morgan fingerprint density at radius 3 is 2.33 bits per heavy atom. The average Bonchev–Trinajstić information content (AvgIpc) is 3.59. The monoisotopic (exact) mass is 615 g/mol. The Morgan fingerprint density at radius 1 is 0.925 bits per heavy atom. The van der Waals surface area contributed by atoms with Gasteiger partial charge in [-0.05, 0) is 103 Å². The molecule has 5 aromatic rings. The van der Waals surface area contributed by atoms with E-state index in [9.17, 15) is 4.39 Å². The average molecular weight is 617 g/mol. The summed E-state index contributed by atoms with van der Waals surface area (Å²) in [5.41, 5.74) is 2.03. The maximum atomic E-state index is 14.7. The molecule has 0 bridgehead atoms. The van der Waals surface area contributed by atoms with Gasteiger partial charge in [-0.2, -0.15) is 0 Å². The fourth-order valence-corrected chi connectivity index (χ4v) is 5.40. The highest BCUT2D eigenvalue weighted by atomic mass is 79.9. The van der Waals surface area contributed by atoms with Crippen molar-refractivity contribution in [3.63, 3.8) is 0 Å². The summed E-state index contributed by atoms with van der Waals surface area (Å²) in [6.45, 7) is 0. The number of hydrogen-bond acceptors (Lipinski definition) is 5. The van der Waals surface area contributed by atoms with Crippen molar-refractivity contribution in [2.45, 2.75) is 12.1 Å². The van der Waals surface area contributed by atoms with Crippen LogP contribution in [0.4, 0.5) is 10.1 Å². The normalized spacial score (nSPS) is 16.6. The Bertz CT molecular complexity index is 1650. The second-order valence-corrected chi connectivity index (χ2v) is 10.4. The van der Waals surface area contributed by atoms with E-state index in [4.69, 9.17) is 26.1 Å². The Kier molecular flexibility index (Phi) is 7.23. The molecule has 1 saturated heterocycles. The smallest absolute Gasteiger partial charge is 0.174 e. The standard InChI is InChI=1S/C31H23BrFN3O3S/c1-37-21-10-12-23(13-11-21)38-22-8-6-20(7-9-22)36-30(29(35-31(36)40)26-4-2-3-17-34-26)28-16-15-27(39-28)24-14-5-19(32)18-25(24)33/h2-18,29-30H,1H3,(H,35,40)/t29-,30+/m0/s1. The van der Waals surface area contributed by atoms with Gasteiger partial charge in [-0.1, -0.05) is 22.0 Å². The number of ether oxygens (including phenoxy) is 2. The van der Waals surface area contributed by atoms with Gasteiger partial charge in [0.25, 0.3) is 0 Å². The van der Waals surface area contributed by atoms with E-state index in [1.807, 2.05) is 77.7 Å². The van der Waals surface area contributed by atoms with E-state index < -0.39 is 0 Å². The molecule has 1 fully saturated rings. The molecule has 0 amide bonds. The van der Waals surface area contributed by atoms with Gasteiger partial charge in [0, 0.05) is 16.4 Å². The summed E-state index contributed by atoms with van der Waals surface area (Å²) in [5, 5.41) is 3.94. The van der Waals surface area contributed by atoms with Crippen LogP contribution in [0, 0.1) is 5.82 Å². The minimum absolute atomic E-state index is 0.294. The number of thiocarbonyl (C=S) groups is 1. The van der Waals surface area contributed by atoms with E-state index in [0.717, 1.165) is 17.1 Å². The fourth-order valence-electron chi connectivity index (χ4n) is 4.72.